The van der Waals surface area contributed by atoms with Gasteiger partial charge in [0, 0.05) is 0 Å². The van der Waals surface area contributed by atoms with Crippen molar-refractivity contribution in [3.63, 3.8) is 0 Å². The summed E-state index contributed by atoms with van der Waals surface area (Å²) >= 11 is 0. The van der Waals surface area contributed by atoms with Gasteiger partial charge in [-0.25, -0.2) is 9.18 Å². The van der Waals surface area contributed by atoms with Crippen LogP contribution in [-0.2, 0) is 11.3 Å². The summed E-state index contributed by atoms with van der Waals surface area (Å²) in [5, 5.41) is 2.58. The lowest BCUT2D eigenvalue weighted by molar-refractivity contribution is -0.121. The lowest BCUT2D eigenvalue weighted by atomic mass is 9.97. The SMILES string of the molecule is CCC(C)C1C(=O)Nc2c(F)cccc2CN1C(N)=O. The molecule has 0 spiro atoms. The summed E-state index contributed by atoms with van der Waals surface area (Å²) in [6, 6.07) is 3.13. The van der Waals surface area contributed by atoms with Gasteiger partial charge in [-0.2, -0.15) is 0 Å². The Balaban J connectivity index is 2.48. The van der Waals surface area contributed by atoms with Gasteiger partial charge in [-0.1, -0.05) is 32.4 Å². The normalized spacial score (nSPS) is 19.9. The predicted molar refractivity (Wildman–Crippen MR) is 73.4 cm³/mol. The molecule has 3 amide bonds. The van der Waals surface area contributed by atoms with Crippen LogP contribution in [0.2, 0.25) is 0 Å². The minimum Gasteiger partial charge on any atom is -0.351 e. The summed E-state index contributed by atoms with van der Waals surface area (Å²) in [6.45, 7) is 3.92. The Labute approximate surface area is 116 Å². The van der Waals surface area contributed by atoms with E-state index in [2.05, 4.69) is 5.32 Å². The van der Waals surface area contributed by atoms with E-state index in [1.54, 1.807) is 12.1 Å². The molecule has 1 aliphatic heterocycles. The van der Waals surface area contributed by atoms with Crippen LogP contribution in [0, 0.1) is 11.7 Å². The number of amides is 3. The average molecular weight is 279 g/mol. The minimum atomic E-state index is -0.690. The number of nitrogens with zero attached hydrogens (tertiary/aromatic N) is 1. The Hall–Kier alpha value is -2.11. The molecule has 3 N–H and O–H groups in total. The molecule has 0 fully saturated rings. The number of primary amides is 1. The number of hydrogen-bond acceptors (Lipinski definition) is 2. The van der Waals surface area contributed by atoms with Crippen molar-refractivity contribution in [2.24, 2.45) is 11.7 Å². The third-order valence-corrected chi connectivity index (χ3v) is 3.76. The molecule has 108 valence electrons. The summed E-state index contributed by atoms with van der Waals surface area (Å²) in [5.74, 6) is -0.980. The van der Waals surface area contributed by atoms with Gasteiger partial charge < -0.3 is 16.0 Å². The van der Waals surface area contributed by atoms with Crippen molar-refractivity contribution in [3.05, 3.63) is 29.6 Å². The average Bonchev–Trinajstić information content (AvgIpc) is 2.55. The standard InChI is InChI=1S/C14H18FN3O2/c1-3-8(2)12-13(19)17-11-9(5-4-6-10(11)15)7-18(12)14(16)20/h4-6,8,12H,3,7H2,1-2H3,(H2,16,20)(H,17,19). The predicted octanol–water partition coefficient (Wildman–Crippen LogP) is 2.07. The Kier molecular flexibility index (Phi) is 3.92. The van der Waals surface area contributed by atoms with Crippen LogP contribution in [0.1, 0.15) is 25.8 Å². The molecule has 1 aromatic carbocycles. The highest BCUT2D eigenvalue weighted by Gasteiger charge is 2.36. The zero-order valence-electron chi connectivity index (χ0n) is 11.5. The smallest absolute Gasteiger partial charge is 0.315 e. The van der Waals surface area contributed by atoms with Crippen molar-refractivity contribution in [3.8, 4) is 0 Å². The highest BCUT2D eigenvalue weighted by Crippen LogP contribution is 2.28. The fourth-order valence-electron chi connectivity index (χ4n) is 2.46. The molecule has 1 aliphatic rings. The van der Waals surface area contributed by atoms with Gasteiger partial charge in [0.15, 0.2) is 0 Å². The van der Waals surface area contributed by atoms with Crippen molar-refractivity contribution in [1.29, 1.82) is 0 Å². The van der Waals surface area contributed by atoms with Gasteiger partial charge in [-0.05, 0) is 17.5 Å². The molecule has 0 aliphatic carbocycles. The van der Waals surface area contributed by atoms with E-state index >= 15 is 0 Å². The summed E-state index contributed by atoms with van der Waals surface area (Å²) < 4.78 is 13.8. The van der Waals surface area contributed by atoms with E-state index in [1.165, 1.54) is 11.0 Å². The summed E-state index contributed by atoms with van der Waals surface area (Å²) in [7, 11) is 0. The van der Waals surface area contributed by atoms with Gasteiger partial charge >= 0.3 is 6.03 Å². The number of rotatable bonds is 2. The maximum atomic E-state index is 13.8. The maximum Gasteiger partial charge on any atom is 0.315 e. The molecule has 2 unspecified atom stereocenters. The number of anilines is 1. The molecule has 0 aromatic heterocycles. The number of benzene rings is 1. The molecule has 1 aromatic rings. The van der Waals surface area contributed by atoms with Crippen molar-refractivity contribution in [1.82, 2.24) is 4.90 Å². The third kappa shape index (κ3) is 2.45. The first-order chi connectivity index (χ1) is 9.45. The van der Waals surface area contributed by atoms with Gasteiger partial charge in [-0.3, -0.25) is 4.79 Å². The van der Waals surface area contributed by atoms with Gasteiger partial charge in [0.05, 0.1) is 12.2 Å². The van der Waals surface area contributed by atoms with Crippen LogP contribution in [-0.4, -0.2) is 22.9 Å². The zero-order valence-corrected chi connectivity index (χ0v) is 11.5. The van der Waals surface area contributed by atoms with Crippen molar-refractivity contribution < 1.29 is 14.0 Å². The molecule has 0 saturated heterocycles. The van der Waals surface area contributed by atoms with E-state index in [0.717, 1.165) is 0 Å². The molecule has 0 radical (unpaired) electrons. The van der Waals surface area contributed by atoms with Gasteiger partial charge in [0.25, 0.3) is 0 Å². The topological polar surface area (TPSA) is 75.4 Å². The molecule has 6 heteroatoms. The molecule has 2 rings (SSSR count). The minimum absolute atomic E-state index is 0.0696. The monoisotopic (exact) mass is 279 g/mol. The van der Waals surface area contributed by atoms with Crippen molar-refractivity contribution >= 4 is 17.6 Å². The van der Waals surface area contributed by atoms with Crippen LogP contribution < -0.4 is 11.1 Å². The largest absolute Gasteiger partial charge is 0.351 e. The molecule has 0 saturated carbocycles. The van der Waals surface area contributed by atoms with E-state index in [0.29, 0.717) is 12.0 Å². The lowest BCUT2D eigenvalue weighted by Crippen LogP contribution is -2.50. The molecule has 5 nitrogen and oxygen atoms in total. The van der Waals surface area contributed by atoms with Gasteiger partial charge in [0.2, 0.25) is 5.91 Å². The molecule has 20 heavy (non-hydrogen) atoms. The first-order valence-electron chi connectivity index (χ1n) is 6.60. The van der Waals surface area contributed by atoms with Crippen LogP contribution >= 0.6 is 0 Å². The second-order valence-electron chi connectivity index (χ2n) is 5.06. The Morgan fingerprint density at radius 2 is 2.30 bits per heavy atom. The number of halogens is 1. The molecule has 2 atom stereocenters. The molecular formula is C14H18FN3O2. The van der Waals surface area contributed by atoms with Crippen molar-refractivity contribution in [2.45, 2.75) is 32.9 Å². The third-order valence-electron chi connectivity index (χ3n) is 3.76. The van der Waals surface area contributed by atoms with E-state index in [4.69, 9.17) is 5.73 Å². The number of hydrogen-bond donors (Lipinski definition) is 2. The highest BCUT2D eigenvalue weighted by molar-refractivity contribution is 5.98. The van der Waals surface area contributed by atoms with Crippen LogP contribution in [0.25, 0.3) is 0 Å². The Morgan fingerprint density at radius 1 is 1.60 bits per heavy atom. The van der Waals surface area contributed by atoms with Crippen LogP contribution in [0.4, 0.5) is 14.9 Å². The first-order valence-corrected chi connectivity index (χ1v) is 6.60. The van der Waals surface area contributed by atoms with E-state index in [-0.39, 0.29) is 18.2 Å². The second-order valence-corrected chi connectivity index (χ2v) is 5.06. The Morgan fingerprint density at radius 3 is 2.90 bits per heavy atom. The van der Waals surface area contributed by atoms with Crippen molar-refractivity contribution in [2.75, 3.05) is 5.32 Å². The maximum absolute atomic E-state index is 13.8. The number of carbonyl (C=O) groups is 2. The summed E-state index contributed by atoms with van der Waals surface area (Å²) in [6.07, 6.45) is 0.709. The van der Waals surface area contributed by atoms with Gasteiger partial charge in [0.1, 0.15) is 11.9 Å². The lowest BCUT2D eigenvalue weighted by Gasteiger charge is -2.30. The van der Waals surface area contributed by atoms with E-state index < -0.39 is 23.8 Å². The number of carbonyl (C=O) groups excluding carboxylic acids is 2. The molecular weight excluding hydrogens is 261 g/mol. The van der Waals surface area contributed by atoms with E-state index in [1.807, 2.05) is 13.8 Å². The molecule has 1 heterocycles. The number of nitrogens with one attached hydrogen (secondary N) is 1. The number of nitrogens with two attached hydrogens (primary N) is 1. The summed E-state index contributed by atoms with van der Waals surface area (Å²) in [5.41, 5.74) is 6.07. The summed E-state index contributed by atoms with van der Waals surface area (Å²) in [4.78, 5) is 25.3. The second kappa shape index (κ2) is 5.48. The number of para-hydroxylation sites is 1. The van der Waals surface area contributed by atoms with Gasteiger partial charge in [-0.15, -0.1) is 0 Å². The van der Waals surface area contributed by atoms with Crippen LogP contribution in [0.5, 0.6) is 0 Å². The van der Waals surface area contributed by atoms with E-state index in [9.17, 15) is 14.0 Å². The van der Waals surface area contributed by atoms with Crippen LogP contribution in [0.15, 0.2) is 18.2 Å². The molecule has 0 bridgehead atoms. The highest BCUT2D eigenvalue weighted by atomic mass is 19.1. The fraction of sp³-hybridized carbons (Fsp3) is 0.429. The quantitative estimate of drug-likeness (QED) is 0.869. The number of urea groups is 1. The first kappa shape index (κ1) is 14.3. The fourth-order valence-corrected chi connectivity index (χ4v) is 2.46. The number of fused-ring (bicyclic) bond motifs is 1. The van der Waals surface area contributed by atoms with Crippen LogP contribution in [0.3, 0.4) is 0 Å². The Bertz CT molecular complexity index is 547. The zero-order chi connectivity index (χ0) is 14.9.